The lowest BCUT2D eigenvalue weighted by Gasteiger charge is -2.47. The van der Waals surface area contributed by atoms with Crippen LogP contribution in [-0.2, 0) is 14.6 Å². The Labute approximate surface area is 128 Å². The summed E-state index contributed by atoms with van der Waals surface area (Å²) in [6.07, 6.45) is 2.21. The van der Waals surface area contributed by atoms with E-state index in [1.807, 2.05) is 0 Å². The summed E-state index contributed by atoms with van der Waals surface area (Å²) in [7, 11) is -1.21. The zero-order valence-corrected chi connectivity index (χ0v) is 14.3. The van der Waals surface area contributed by atoms with Crippen molar-refractivity contribution in [2.45, 2.75) is 52.1 Å². The molecule has 2 fully saturated rings. The fraction of sp³-hybridized carbons (Fsp3) is 0.933. The summed E-state index contributed by atoms with van der Waals surface area (Å²) in [5.74, 6) is 0.601. The number of rotatable bonds is 2. The molecule has 1 aliphatic heterocycles. The molecule has 1 aliphatic carbocycles. The molecule has 21 heavy (non-hydrogen) atoms. The first-order valence-electron chi connectivity index (χ1n) is 7.79. The second-order valence-electron chi connectivity index (χ2n) is 7.41. The first-order valence-corrected chi connectivity index (χ1v) is 9.61. The van der Waals surface area contributed by atoms with E-state index in [1.54, 1.807) is 11.9 Å². The van der Waals surface area contributed by atoms with Gasteiger partial charge in [0.2, 0.25) is 5.91 Å². The lowest BCUT2D eigenvalue weighted by Crippen LogP contribution is -2.53. The molecule has 0 bridgehead atoms. The summed E-state index contributed by atoms with van der Waals surface area (Å²) in [6, 6.07) is -0.0228. The lowest BCUT2D eigenvalue weighted by molar-refractivity contribution is -0.143. The van der Waals surface area contributed by atoms with Crippen molar-refractivity contribution in [3.63, 3.8) is 0 Å². The molecule has 2 N–H and O–H groups in total. The monoisotopic (exact) mass is 316 g/mol. The van der Waals surface area contributed by atoms with Gasteiger partial charge in [-0.25, -0.2) is 8.42 Å². The van der Waals surface area contributed by atoms with Gasteiger partial charge in [0.1, 0.15) is 0 Å². The molecular formula is C15H28N2O3S. The Morgan fingerprint density at radius 1 is 1.24 bits per heavy atom. The zero-order chi connectivity index (χ0) is 16.0. The quantitative estimate of drug-likeness (QED) is 0.825. The summed E-state index contributed by atoms with van der Waals surface area (Å²) in [4.78, 5) is 14.5. The van der Waals surface area contributed by atoms with E-state index in [0.717, 1.165) is 12.8 Å². The summed E-state index contributed by atoms with van der Waals surface area (Å²) < 4.78 is 23.2. The number of sulfone groups is 1. The summed E-state index contributed by atoms with van der Waals surface area (Å²) in [6.45, 7) is 6.33. The van der Waals surface area contributed by atoms with Crippen LogP contribution in [0.4, 0.5) is 0 Å². The Balaban J connectivity index is 2.12. The van der Waals surface area contributed by atoms with E-state index >= 15 is 0 Å². The summed E-state index contributed by atoms with van der Waals surface area (Å²) in [5.41, 5.74) is 5.99. The molecule has 2 aliphatic rings. The molecule has 0 aromatic rings. The Morgan fingerprint density at radius 3 is 2.38 bits per heavy atom. The third-order valence-corrected chi connectivity index (χ3v) is 7.65. The number of amides is 1. The van der Waals surface area contributed by atoms with Gasteiger partial charge in [-0.3, -0.25) is 4.79 Å². The molecular weight excluding hydrogens is 288 g/mol. The average molecular weight is 316 g/mol. The van der Waals surface area contributed by atoms with Crippen molar-refractivity contribution in [1.29, 1.82) is 0 Å². The van der Waals surface area contributed by atoms with Crippen LogP contribution in [0.25, 0.3) is 0 Å². The SMILES string of the molecule is CC1C(N)CCC(C(=O)N(C)C2CCS(=O)(=O)C2)C1(C)C. The Bertz CT molecular complexity index is 515. The lowest BCUT2D eigenvalue weighted by atomic mass is 9.60. The van der Waals surface area contributed by atoms with E-state index in [-0.39, 0.29) is 46.7 Å². The number of carbonyl (C=O) groups excluding carboxylic acids is 1. The number of carbonyl (C=O) groups is 1. The minimum atomic E-state index is -2.97. The van der Waals surface area contributed by atoms with Gasteiger partial charge in [0.25, 0.3) is 0 Å². The Kier molecular flexibility index (Phi) is 4.42. The van der Waals surface area contributed by atoms with Crippen molar-refractivity contribution < 1.29 is 13.2 Å². The molecule has 1 heterocycles. The number of hydrogen-bond acceptors (Lipinski definition) is 4. The van der Waals surface area contributed by atoms with Crippen molar-refractivity contribution in [3.05, 3.63) is 0 Å². The van der Waals surface area contributed by atoms with Gasteiger partial charge in [-0.15, -0.1) is 0 Å². The molecule has 0 spiro atoms. The van der Waals surface area contributed by atoms with Crippen molar-refractivity contribution in [2.75, 3.05) is 18.6 Å². The standard InChI is InChI=1S/C15H28N2O3S/c1-10-13(16)6-5-12(15(10,2)3)14(18)17(4)11-7-8-21(19,20)9-11/h10-13H,5-9,16H2,1-4H3. The van der Waals surface area contributed by atoms with Gasteiger partial charge < -0.3 is 10.6 Å². The molecule has 1 saturated carbocycles. The number of nitrogens with zero attached hydrogens (tertiary/aromatic N) is 1. The third kappa shape index (κ3) is 3.11. The van der Waals surface area contributed by atoms with Crippen molar-refractivity contribution in [1.82, 2.24) is 4.90 Å². The van der Waals surface area contributed by atoms with Gasteiger partial charge >= 0.3 is 0 Å². The highest BCUT2D eigenvalue weighted by molar-refractivity contribution is 7.91. The van der Waals surface area contributed by atoms with Crippen LogP contribution >= 0.6 is 0 Å². The van der Waals surface area contributed by atoms with Crippen LogP contribution in [0.3, 0.4) is 0 Å². The highest BCUT2D eigenvalue weighted by atomic mass is 32.2. The molecule has 122 valence electrons. The molecule has 2 rings (SSSR count). The van der Waals surface area contributed by atoms with Gasteiger partial charge in [-0.05, 0) is 30.6 Å². The summed E-state index contributed by atoms with van der Waals surface area (Å²) >= 11 is 0. The predicted octanol–water partition coefficient (Wildman–Crippen LogP) is 1.03. The Hall–Kier alpha value is -0.620. The first kappa shape index (κ1) is 16.7. The van der Waals surface area contributed by atoms with E-state index in [4.69, 9.17) is 5.73 Å². The second kappa shape index (κ2) is 5.54. The molecule has 5 nitrogen and oxygen atoms in total. The molecule has 0 aromatic carbocycles. The molecule has 0 radical (unpaired) electrons. The minimum Gasteiger partial charge on any atom is -0.341 e. The molecule has 4 atom stereocenters. The third-order valence-electron chi connectivity index (χ3n) is 5.90. The molecule has 6 heteroatoms. The van der Waals surface area contributed by atoms with E-state index < -0.39 is 9.84 Å². The maximum absolute atomic E-state index is 12.9. The second-order valence-corrected chi connectivity index (χ2v) is 9.64. The minimum absolute atomic E-state index is 0.0689. The van der Waals surface area contributed by atoms with E-state index in [0.29, 0.717) is 6.42 Å². The van der Waals surface area contributed by atoms with Crippen molar-refractivity contribution in [2.24, 2.45) is 23.0 Å². The van der Waals surface area contributed by atoms with Crippen molar-refractivity contribution >= 4 is 15.7 Å². The van der Waals surface area contributed by atoms with E-state index in [1.165, 1.54) is 0 Å². The normalized spacial score (nSPS) is 38.1. The molecule has 1 amide bonds. The molecule has 0 aromatic heterocycles. The van der Waals surface area contributed by atoms with E-state index in [9.17, 15) is 13.2 Å². The largest absolute Gasteiger partial charge is 0.341 e. The fourth-order valence-corrected chi connectivity index (χ4v) is 5.57. The average Bonchev–Trinajstić information content (AvgIpc) is 2.75. The number of hydrogen-bond donors (Lipinski definition) is 1. The summed E-state index contributed by atoms with van der Waals surface area (Å²) in [5, 5.41) is 0. The first-order chi connectivity index (χ1) is 9.56. The Morgan fingerprint density at radius 2 is 1.86 bits per heavy atom. The zero-order valence-electron chi connectivity index (χ0n) is 13.5. The van der Waals surface area contributed by atoms with Gasteiger partial charge in [-0.1, -0.05) is 20.8 Å². The van der Waals surface area contributed by atoms with Crippen LogP contribution in [-0.4, -0.2) is 49.9 Å². The van der Waals surface area contributed by atoms with Crippen LogP contribution < -0.4 is 5.73 Å². The van der Waals surface area contributed by atoms with Gasteiger partial charge in [0, 0.05) is 25.0 Å². The molecule has 1 saturated heterocycles. The number of nitrogens with two attached hydrogens (primary N) is 1. The fourth-order valence-electron chi connectivity index (χ4n) is 3.80. The van der Waals surface area contributed by atoms with Crippen molar-refractivity contribution in [3.8, 4) is 0 Å². The maximum Gasteiger partial charge on any atom is 0.226 e. The van der Waals surface area contributed by atoms with Crippen LogP contribution in [0, 0.1) is 17.3 Å². The van der Waals surface area contributed by atoms with Crippen LogP contribution in [0.2, 0.25) is 0 Å². The topological polar surface area (TPSA) is 80.5 Å². The van der Waals surface area contributed by atoms with Gasteiger partial charge in [0.05, 0.1) is 11.5 Å². The van der Waals surface area contributed by atoms with Gasteiger partial charge in [0.15, 0.2) is 9.84 Å². The molecule has 4 unspecified atom stereocenters. The van der Waals surface area contributed by atoms with Gasteiger partial charge in [-0.2, -0.15) is 0 Å². The van der Waals surface area contributed by atoms with Crippen LogP contribution in [0.5, 0.6) is 0 Å². The predicted molar refractivity (Wildman–Crippen MR) is 83.5 cm³/mol. The highest BCUT2D eigenvalue weighted by Crippen LogP contribution is 2.45. The van der Waals surface area contributed by atoms with Crippen LogP contribution in [0.1, 0.15) is 40.0 Å². The van der Waals surface area contributed by atoms with Crippen LogP contribution in [0.15, 0.2) is 0 Å². The highest BCUT2D eigenvalue weighted by Gasteiger charge is 2.47. The van der Waals surface area contributed by atoms with E-state index in [2.05, 4.69) is 20.8 Å². The maximum atomic E-state index is 12.9. The smallest absolute Gasteiger partial charge is 0.226 e.